The van der Waals surface area contributed by atoms with E-state index in [-0.39, 0.29) is 12.1 Å². The summed E-state index contributed by atoms with van der Waals surface area (Å²) in [7, 11) is 0. The zero-order chi connectivity index (χ0) is 8.44. The molecule has 0 radical (unpaired) electrons. The number of aliphatic hydroxyl groups excluding tert-OH is 1. The van der Waals surface area contributed by atoms with E-state index in [0.717, 1.165) is 12.8 Å². The van der Waals surface area contributed by atoms with E-state index in [1.807, 2.05) is 4.57 Å². The first kappa shape index (κ1) is 7.73. The highest BCUT2D eigenvalue weighted by molar-refractivity contribution is 4.91. The number of nitrogens with zero attached hydrogens (tertiary/aromatic N) is 3. The lowest BCUT2D eigenvalue weighted by Gasteiger charge is -2.27. The second-order valence-electron chi connectivity index (χ2n) is 3.46. The zero-order valence-electron chi connectivity index (χ0n) is 6.98. The number of hydrogen-bond donors (Lipinski definition) is 1. The van der Waals surface area contributed by atoms with E-state index in [0.29, 0.717) is 0 Å². The molecule has 0 atom stereocenters. The highest BCUT2D eigenvalue weighted by Gasteiger charge is 2.34. The molecule has 12 heavy (non-hydrogen) atoms. The molecule has 0 amide bonds. The van der Waals surface area contributed by atoms with Crippen LogP contribution in [0.2, 0.25) is 0 Å². The molecule has 0 spiro atoms. The van der Waals surface area contributed by atoms with Crippen LogP contribution in [0, 0.1) is 0 Å². The van der Waals surface area contributed by atoms with E-state index < -0.39 is 0 Å². The summed E-state index contributed by atoms with van der Waals surface area (Å²) in [6.07, 6.45) is 7.86. The molecule has 1 aliphatic rings. The fourth-order valence-electron chi connectivity index (χ4n) is 1.98. The van der Waals surface area contributed by atoms with Crippen molar-refractivity contribution in [3.63, 3.8) is 0 Å². The molecule has 1 saturated carbocycles. The van der Waals surface area contributed by atoms with Crippen LogP contribution in [0.3, 0.4) is 0 Å². The van der Waals surface area contributed by atoms with Gasteiger partial charge in [0, 0.05) is 0 Å². The third-order valence-electron chi connectivity index (χ3n) is 2.80. The molecule has 1 heterocycles. The fourth-order valence-corrected chi connectivity index (χ4v) is 1.98. The maximum atomic E-state index is 9.31. The van der Waals surface area contributed by atoms with Gasteiger partial charge in [-0.05, 0) is 12.8 Å². The van der Waals surface area contributed by atoms with Gasteiger partial charge in [-0.25, -0.2) is 0 Å². The Labute approximate surface area is 71.2 Å². The van der Waals surface area contributed by atoms with Crippen LogP contribution in [0.1, 0.15) is 25.7 Å². The average Bonchev–Trinajstić information content (AvgIpc) is 2.76. The first-order valence-corrected chi connectivity index (χ1v) is 4.33. The molecule has 1 fully saturated rings. The first-order valence-electron chi connectivity index (χ1n) is 4.33. The van der Waals surface area contributed by atoms with Crippen molar-refractivity contribution >= 4 is 0 Å². The molecule has 4 nitrogen and oxygen atoms in total. The van der Waals surface area contributed by atoms with Crippen LogP contribution in [0.4, 0.5) is 0 Å². The van der Waals surface area contributed by atoms with E-state index >= 15 is 0 Å². The summed E-state index contributed by atoms with van der Waals surface area (Å²) in [5.74, 6) is 0. The molecule has 2 rings (SSSR count). The van der Waals surface area contributed by atoms with Gasteiger partial charge in [0.25, 0.3) is 0 Å². The Morgan fingerprint density at radius 3 is 2.33 bits per heavy atom. The molecule has 0 bridgehead atoms. The van der Waals surface area contributed by atoms with Crippen molar-refractivity contribution in [3.8, 4) is 0 Å². The molecular formula is C8H13N3O. The highest BCUT2D eigenvalue weighted by atomic mass is 16.3. The van der Waals surface area contributed by atoms with Crippen LogP contribution in [0.5, 0.6) is 0 Å². The van der Waals surface area contributed by atoms with Gasteiger partial charge in [0.1, 0.15) is 12.7 Å². The first-order chi connectivity index (χ1) is 5.87. The average molecular weight is 167 g/mol. The van der Waals surface area contributed by atoms with E-state index in [9.17, 15) is 5.11 Å². The molecule has 1 aliphatic carbocycles. The summed E-state index contributed by atoms with van der Waals surface area (Å²) in [4.78, 5) is 0. The minimum absolute atomic E-state index is 0.0937. The lowest BCUT2D eigenvalue weighted by atomic mass is 9.99. The van der Waals surface area contributed by atoms with Crippen LogP contribution in [-0.4, -0.2) is 26.5 Å². The van der Waals surface area contributed by atoms with Crippen molar-refractivity contribution in [1.29, 1.82) is 0 Å². The van der Waals surface area contributed by atoms with Gasteiger partial charge < -0.3 is 9.67 Å². The molecule has 0 aromatic carbocycles. The van der Waals surface area contributed by atoms with Crippen molar-refractivity contribution < 1.29 is 5.11 Å². The van der Waals surface area contributed by atoms with E-state index in [1.165, 1.54) is 12.8 Å². The van der Waals surface area contributed by atoms with Crippen LogP contribution in [-0.2, 0) is 5.54 Å². The van der Waals surface area contributed by atoms with Crippen molar-refractivity contribution in [1.82, 2.24) is 14.8 Å². The molecule has 4 heteroatoms. The molecule has 1 aromatic heterocycles. The minimum atomic E-state index is -0.0937. The fraction of sp³-hybridized carbons (Fsp3) is 0.750. The van der Waals surface area contributed by atoms with E-state index in [1.54, 1.807) is 12.7 Å². The quantitative estimate of drug-likeness (QED) is 0.699. The normalized spacial score (nSPS) is 21.4. The zero-order valence-corrected chi connectivity index (χ0v) is 6.98. The monoisotopic (exact) mass is 167 g/mol. The summed E-state index contributed by atoms with van der Waals surface area (Å²) in [5, 5.41) is 16.8. The van der Waals surface area contributed by atoms with Crippen LogP contribution < -0.4 is 0 Å². The van der Waals surface area contributed by atoms with E-state index in [2.05, 4.69) is 10.2 Å². The Kier molecular flexibility index (Phi) is 1.84. The summed E-state index contributed by atoms with van der Waals surface area (Å²) in [6, 6.07) is 0. The number of hydrogen-bond acceptors (Lipinski definition) is 3. The predicted octanol–water partition coefficient (Wildman–Crippen LogP) is 0.540. The Hall–Kier alpha value is -0.900. The van der Waals surface area contributed by atoms with Gasteiger partial charge >= 0.3 is 0 Å². The van der Waals surface area contributed by atoms with Crippen LogP contribution in [0.25, 0.3) is 0 Å². The Balaban J connectivity index is 2.28. The molecule has 1 aromatic rings. The Morgan fingerprint density at radius 2 is 1.83 bits per heavy atom. The standard InChI is InChI=1S/C8H13N3O/c12-5-8(3-1-2-4-8)11-6-9-10-7-11/h6-7,12H,1-5H2. The van der Waals surface area contributed by atoms with Gasteiger partial charge in [0.15, 0.2) is 0 Å². The lowest BCUT2D eigenvalue weighted by Crippen LogP contribution is -2.33. The van der Waals surface area contributed by atoms with Gasteiger partial charge in [-0.1, -0.05) is 12.8 Å². The van der Waals surface area contributed by atoms with Crippen LogP contribution in [0.15, 0.2) is 12.7 Å². The van der Waals surface area contributed by atoms with Gasteiger partial charge in [0.2, 0.25) is 0 Å². The maximum Gasteiger partial charge on any atom is 0.119 e. The van der Waals surface area contributed by atoms with Gasteiger partial charge in [0.05, 0.1) is 12.1 Å². The van der Waals surface area contributed by atoms with Crippen molar-refractivity contribution in [2.24, 2.45) is 0 Å². The number of rotatable bonds is 2. The maximum absolute atomic E-state index is 9.31. The molecule has 1 N–H and O–H groups in total. The Morgan fingerprint density at radius 1 is 1.25 bits per heavy atom. The number of aliphatic hydroxyl groups is 1. The summed E-state index contributed by atoms with van der Waals surface area (Å²) in [5.41, 5.74) is -0.0937. The molecule has 0 aliphatic heterocycles. The third kappa shape index (κ3) is 1.03. The topological polar surface area (TPSA) is 50.9 Å². The third-order valence-corrected chi connectivity index (χ3v) is 2.80. The second kappa shape index (κ2) is 2.86. The molecular weight excluding hydrogens is 154 g/mol. The number of aromatic nitrogens is 3. The lowest BCUT2D eigenvalue weighted by molar-refractivity contribution is 0.136. The largest absolute Gasteiger partial charge is 0.394 e. The second-order valence-corrected chi connectivity index (χ2v) is 3.46. The van der Waals surface area contributed by atoms with Gasteiger partial charge in [-0.2, -0.15) is 0 Å². The summed E-state index contributed by atoms with van der Waals surface area (Å²) >= 11 is 0. The predicted molar refractivity (Wildman–Crippen MR) is 43.5 cm³/mol. The summed E-state index contributed by atoms with van der Waals surface area (Å²) in [6.45, 7) is 0.199. The van der Waals surface area contributed by atoms with Crippen molar-refractivity contribution in [2.45, 2.75) is 31.2 Å². The van der Waals surface area contributed by atoms with Crippen molar-refractivity contribution in [3.05, 3.63) is 12.7 Å². The SMILES string of the molecule is OCC1(n2cnnc2)CCCC1. The highest BCUT2D eigenvalue weighted by Crippen LogP contribution is 2.35. The van der Waals surface area contributed by atoms with Gasteiger partial charge in [-0.15, -0.1) is 10.2 Å². The van der Waals surface area contributed by atoms with Crippen LogP contribution >= 0.6 is 0 Å². The molecule has 0 saturated heterocycles. The van der Waals surface area contributed by atoms with Gasteiger partial charge in [-0.3, -0.25) is 0 Å². The molecule has 66 valence electrons. The van der Waals surface area contributed by atoms with Crippen molar-refractivity contribution in [2.75, 3.05) is 6.61 Å². The minimum Gasteiger partial charge on any atom is -0.394 e. The smallest absolute Gasteiger partial charge is 0.119 e. The molecule has 0 unspecified atom stereocenters. The van der Waals surface area contributed by atoms with E-state index in [4.69, 9.17) is 0 Å². The Bertz CT molecular complexity index is 239. The summed E-state index contributed by atoms with van der Waals surface area (Å²) < 4.78 is 1.94.